The van der Waals surface area contributed by atoms with Gasteiger partial charge in [0.1, 0.15) is 30.2 Å². The fourth-order valence-corrected chi connectivity index (χ4v) is 3.23. The van der Waals surface area contributed by atoms with Crippen LogP contribution in [0, 0.1) is 0 Å². The zero-order valence-corrected chi connectivity index (χ0v) is 16.5. The molecule has 0 aliphatic heterocycles. The predicted molar refractivity (Wildman–Crippen MR) is 108 cm³/mol. The highest BCUT2D eigenvalue weighted by atomic mass is 16.5. The molecule has 3 rings (SSSR count). The third-order valence-electron chi connectivity index (χ3n) is 4.72. The summed E-state index contributed by atoms with van der Waals surface area (Å²) in [6.07, 6.45) is 0. The van der Waals surface area contributed by atoms with Crippen molar-refractivity contribution in [3.05, 3.63) is 47.8 Å². The van der Waals surface area contributed by atoms with Crippen molar-refractivity contribution in [2.24, 2.45) is 0 Å². The van der Waals surface area contributed by atoms with Gasteiger partial charge in [-0.15, -0.1) is 0 Å². The molecule has 3 aromatic rings. The molecule has 0 spiro atoms. The van der Waals surface area contributed by atoms with Crippen LogP contribution in [-0.4, -0.2) is 34.4 Å². The minimum Gasteiger partial charge on any atom is -0.497 e. The number of rotatable bonds is 6. The van der Waals surface area contributed by atoms with E-state index in [1.807, 2.05) is 36.4 Å². The van der Waals surface area contributed by atoms with Crippen molar-refractivity contribution < 1.29 is 18.6 Å². The number of nitrogens with zero attached hydrogens (tertiary/aromatic N) is 1. The van der Waals surface area contributed by atoms with Crippen molar-refractivity contribution in [2.45, 2.75) is 13.8 Å². The van der Waals surface area contributed by atoms with Crippen LogP contribution < -0.4 is 24.1 Å². The highest BCUT2D eigenvalue weighted by molar-refractivity contribution is 5.80. The van der Waals surface area contributed by atoms with Gasteiger partial charge < -0.3 is 18.6 Å². The normalized spacial score (nSPS) is 10.7. The van der Waals surface area contributed by atoms with E-state index in [9.17, 15) is 0 Å². The maximum atomic E-state index is 6.22. The molecule has 0 aliphatic carbocycles. The third-order valence-corrected chi connectivity index (χ3v) is 4.72. The number of methoxy groups -OCH3 is 3. The summed E-state index contributed by atoms with van der Waals surface area (Å²) in [5.74, 6) is 2.95. The molecule has 0 saturated heterocycles. The molecule has 142 valence electrons. The van der Waals surface area contributed by atoms with Crippen molar-refractivity contribution in [2.75, 3.05) is 34.4 Å². The zero-order valence-electron chi connectivity index (χ0n) is 16.5. The van der Waals surface area contributed by atoms with Gasteiger partial charge in [0.05, 0.1) is 32.8 Å². The molecule has 5 nitrogen and oxygen atoms in total. The van der Waals surface area contributed by atoms with E-state index in [4.69, 9.17) is 18.6 Å². The lowest BCUT2D eigenvalue weighted by atomic mass is 10.1. The molecule has 0 aliphatic rings. The quantitative estimate of drug-likeness (QED) is 0.618. The summed E-state index contributed by atoms with van der Waals surface area (Å²) in [6.45, 7) is 6.10. The van der Waals surface area contributed by atoms with Gasteiger partial charge in [0, 0.05) is 5.56 Å². The van der Waals surface area contributed by atoms with Crippen molar-refractivity contribution in [1.29, 1.82) is 0 Å². The molecule has 0 N–H and O–H groups in total. The van der Waals surface area contributed by atoms with Gasteiger partial charge in [-0.25, -0.2) is 4.58 Å². The standard InChI is InChI=1S/C22H26NO4/c1-6-23(7-2)18-14-21(15-8-10-20(25-4)22(12-15)26-5)27-19-11-9-16(24-3)13-17(18)19/h8-14H,6-7H2,1-5H3/q+1. The monoisotopic (exact) mass is 368 g/mol. The van der Waals surface area contributed by atoms with Gasteiger partial charge >= 0.3 is 0 Å². The Morgan fingerprint density at radius 1 is 0.815 bits per heavy atom. The summed E-state index contributed by atoms with van der Waals surface area (Å²) in [5, 5.41) is 2.15. The summed E-state index contributed by atoms with van der Waals surface area (Å²) in [5.41, 5.74) is 1.74. The van der Waals surface area contributed by atoms with Crippen LogP contribution in [0.3, 0.4) is 0 Å². The lowest BCUT2D eigenvalue weighted by Crippen LogP contribution is -2.30. The minimum atomic E-state index is 0.671. The van der Waals surface area contributed by atoms with Crippen LogP contribution >= 0.6 is 0 Å². The number of benzene rings is 2. The molecule has 0 bridgehead atoms. The molecule has 0 radical (unpaired) electrons. The van der Waals surface area contributed by atoms with Gasteiger partial charge in [0.15, 0.2) is 11.5 Å². The number of hydrogen-bond acceptors (Lipinski definition) is 4. The molecule has 27 heavy (non-hydrogen) atoms. The summed E-state index contributed by atoms with van der Waals surface area (Å²) < 4.78 is 24.7. The Hall–Kier alpha value is -2.95. The molecular formula is C22H26NO4+. The van der Waals surface area contributed by atoms with Gasteiger partial charge in [-0.1, -0.05) is 0 Å². The summed E-state index contributed by atoms with van der Waals surface area (Å²) in [7, 11) is 4.93. The molecule has 2 aromatic carbocycles. The van der Waals surface area contributed by atoms with Crippen LogP contribution in [0.2, 0.25) is 0 Å². The van der Waals surface area contributed by atoms with E-state index < -0.39 is 0 Å². The fourth-order valence-electron chi connectivity index (χ4n) is 3.23. The first kappa shape index (κ1) is 18.8. The minimum absolute atomic E-state index is 0.671. The van der Waals surface area contributed by atoms with Crippen molar-refractivity contribution in [1.82, 2.24) is 4.58 Å². The maximum Gasteiger partial charge on any atom is 0.214 e. The molecule has 0 fully saturated rings. The van der Waals surface area contributed by atoms with E-state index in [0.29, 0.717) is 11.5 Å². The first-order valence-corrected chi connectivity index (χ1v) is 9.07. The van der Waals surface area contributed by atoms with Crippen LogP contribution in [0.1, 0.15) is 13.8 Å². The van der Waals surface area contributed by atoms with Crippen LogP contribution in [0.5, 0.6) is 17.2 Å². The molecular weight excluding hydrogens is 342 g/mol. The van der Waals surface area contributed by atoms with Crippen molar-refractivity contribution in [3.63, 3.8) is 0 Å². The Labute approximate surface area is 159 Å². The van der Waals surface area contributed by atoms with Crippen LogP contribution in [0.15, 0.2) is 46.9 Å². The van der Waals surface area contributed by atoms with E-state index in [1.165, 1.54) is 0 Å². The van der Waals surface area contributed by atoms with Crippen LogP contribution in [-0.2, 0) is 0 Å². The average Bonchev–Trinajstić information content (AvgIpc) is 2.73. The number of ether oxygens (including phenoxy) is 3. The first-order valence-electron chi connectivity index (χ1n) is 9.07. The predicted octanol–water partition coefficient (Wildman–Crippen LogP) is 3.94. The first-order chi connectivity index (χ1) is 13.1. The van der Waals surface area contributed by atoms with E-state index in [0.717, 1.165) is 46.5 Å². The molecule has 1 aromatic heterocycles. The smallest absolute Gasteiger partial charge is 0.214 e. The van der Waals surface area contributed by atoms with Gasteiger partial charge in [-0.05, 0) is 50.2 Å². The summed E-state index contributed by atoms with van der Waals surface area (Å²) >= 11 is 0. The van der Waals surface area contributed by atoms with Gasteiger partial charge in [0.25, 0.3) is 0 Å². The molecule has 0 saturated carbocycles. The molecule has 0 amide bonds. The highest BCUT2D eigenvalue weighted by Gasteiger charge is 2.14. The van der Waals surface area contributed by atoms with Crippen LogP contribution in [0.4, 0.5) is 0 Å². The van der Waals surface area contributed by atoms with Gasteiger partial charge in [-0.3, -0.25) is 0 Å². The average molecular weight is 368 g/mol. The Morgan fingerprint density at radius 3 is 2.19 bits per heavy atom. The van der Waals surface area contributed by atoms with E-state index in [-0.39, 0.29) is 0 Å². The Kier molecular flexibility index (Phi) is 5.69. The SMILES string of the molecule is CC[N+](CC)=c1cc(-c2ccc(OC)c(OC)c2)oc2ccc(OC)cc12. The third kappa shape index (κ3) is 3.63. The maximum absolute atomic E-state index is 6.22. The lowest BCUT2D eigenvalue weighted by Gasteiger charge is -2.10. The number of hydrogen-bond donors (Lipinski definition) is 0. The highest BCUT2D eigenvalue weighted by Crippen LogP contribution is 2.33. The van der Waals surface area contributed by atoms with E-state index in [1.54, 1.807) is 21.3 Å². The van der Waals surface area contributed by atoms with Crippen molar-refractivity contribution >= 4 is 11.0 Å². The fraction of sp³-hybridized carbons (Fsp3) is 0.318. The summed E-state index contributed by atoms with van der Waals surface area (Å²) in [4.78, 5) is 0. The molecule has 0 atom stereocenters. The van der Waals surface area contributed by atoms with E-state index >= 15 is 0 Å². The number of fused-ring (bicyclic) bond motifs is 1. The van der Waals surface area contributed by atoms with Crippen LogP contribution in [0.25, 0.3) is 22.3 Å². The van der Waals surface area contributed by atoms with E-state index in [2.05, 4.69) is 24.5 Å². The molecule has 0 unspecified atom stereocenters. The summed E-state index contributed by atoms with van der Waals surface area (Å²) in [6, 6.07) is 13.8. The Balaban J connectivity index is 2.31. The second kappa shape index (κ2) is 8.16. The molecule has 5 heteroatoms. The second-order valence-electron chi connectivity index (χ2n) is 6.10. The Morgan fingerprint density at radius 2 is 1.56 bits per heavy atom. The Bertz CT molecular complexity index is 1010. The molecule has 1 heterocycles. The van der Waals surface area contributed by atoms with Crippen molar-refractivity contribution in [3.8, 4) is 28.6 Å². The zero-order chi connectivity index (χ0) is 19.4. The van der Waals surface area contributed by atoms with Gasteiger partial charge in [-0.2, -0.15) is 0 Å². The second-order valence-corrected chi connectivity index (χ2v) is 6.10. The topological polar surface area (TPSA) is 43.8 Å². The lowest BCUT2D eigenvalue weighted by molar-refractivity contribution is 0.355. The van der Waals surface area contributed by atoms with Gasteiger partial charge in [0.2, 0.25) is 5.36 Å². The largest absolute Gasteiger partial charge is 0.497 e.